The molecule has 120 valence electrons. The van der Waals surface area contributed by atoms with E-state index in [1.807, 2.05) is 0 Å². The summed E-state index contributed by atoms with van der Waals surface area (Å²) in [4.78, 5) is 2.46. The van der Waals surface area contributed by atoms with Crippen molar-refractivity contribution in [2.24, 2.45) is 5.92 Å². The first-order valence-corrected chi connectivity index (χ1v) is 9.68. The molecule has 0 bridgehead atoms. The highest BCUT2D eigenvalue weighted by atomic mass is 79.9. The number of sulfonamides is 1. The van der Waals surface area contributed by atoms with Crippen molar-refractivity contribution in [3.8, 4) is 0 Å². The fraction of sp³-hybridized carbons (Fsp3) is 0.692. The van der Waals surface area contributed by atoms with E-state index in [0.29, 0.717) is 24.8 Å². The predicted octanol–water partition coefficient (Wildman–Crippen LogP) is 2.74. The van der Waals surface area contributed by atoms with E-state index in [-0.39, 0.29) is 15.4 Å². The van der Waals surface area contributed by atoms with Crippen LogP contribution in [-0.4, -0.2) is 50.3 Å². The van der Waals surface area contributed by atoms with Crippen LogP contribution < -0.4 is 0 Å². The number of halogens is 2. The van der Waals surface area contributed by atoms with Gasteiger partial charge in [-0.15, -0.1) is 11.6 Å². The molecule has 1 aromatic rings. The van der Waals surface area contributed by atoms with E-state index in [9.17, 15) is 8.42 Å². The number of furan rings is 1. The number of rotatable bonds is 5. The summed E-state index contributed by atoms with van der Waals surface area (Å²) in [6, 6.07) is 1.49. The van der Waals surface area contributed by atoms with Crippen molar-refractivity contribution >= 4 is 37.6 Å². The second kappa shape index (κ2) is 7.00. The summed E-state index contributed by atoms with van der Waals surface area (Å²) in [6.07, 6.45) is 0. The molecule has 2 heterocycles. The highest BCUT2D eigenvalue weighted by Gasteiger charge is 2.32. The molecule has 0 atom stereocenters. The van der Waals surface area contributed by atoms with Crippen LogP contribution in [0.4, 0.5) is 0 Å². The smallest absolute Gasteiger partial charge is 0.247 e. The Morgan fingerprint density at radius 1 is 1.33 bits per heavy atom. The molecule has 1 aliphatic heterocycles. The van der Waals surface area contributed by atoms with Crippen LogP contribution in [0.5, 0.6) is 0 Å². The number of hydrogen-bond acceptors (Lipinski definition) is 4. The van der Waals surface area contributed by atoms with Crippen molar-refractivity contribution < 1.29 is 12.8 Å². The lowest BCUT2D eigenvalue weighted by Crippen LogP contribution is -2.49. The van der Waals surface area contributed by atoms with Crippen molar-refractivity contribution in [1.29, 1.82) is 0 Å². The molecule has 1 saturated heterocycles. The molecule has 0 unspecified atom stereocenters. The van der Waals surface area contributed by atoms with E-state index in [1.54, 1.807) is 0 Å². The van der Waals surface area contributed by atoms with Crippen LogP contribution in [0.2, 0.25) is 0 Å². The third kappa shape index (κ3) is 4.01. The molecule has 0 aliphatic carbocycles. The number of piperazine rings is 1. The second-order valence-electron chi connectivity index (χ2n) is 5.58. The Hall–Kier alpha value is -0.0800. The van der Waals surface area contributed by atoms with Gasteiger partial charge in [0.25, 0.3) is 0 Å². The van der Waals surface area contributed by atoms with E-state index >= 15 is 0 Å². The van der Waals surface area contributed by atoms with Crippen molar-refractivity contribution in [3.63, 3.8) is 0 Å². The molecule has 0 aromatic carbocycles. The van der Waals surface area contributed by atoms with Gasteiger partial charge in [0, 0.05) is 38.8 Å². The van der Waals surface area contributed by atoms with Crippen LogP contribution in [0.15, 0.2) is 20.0 Å². The third-order valence-corrected chi connectivity index (χ3v) is 6.43. The lowest BCUT2D eigenvalue weighted by Gasteiger charge is -2.34. The molecule has 0 saturated carbocycles. The molecule has 0 spiro atoms. The fourth-order valence-electron chi connectivity index (χ4n) is 2.45. The summed E-state index contributed by atoms with van der Waals surface area (Å²) in [5, 5.41) is 0. The first-order valence-electron chi connectivity index (χ1n) is 6.91. The Bertz CT molecular complexity index is 580. The van der Waals surface area contributed by atoms with E-state index in [4.69, 9.17) is 16.0 Å². The highest BCUT2D eigenvalue weighted by Crippen LogP contribution is 2.30. The Balaban J connectivity index is 2.09. The molecule has 0 amide bonds. The van der Waals surface area contributed by atoms with Gasteiger partial charge in [0.15, 0.2) is 4.67 Å². The summed E-state index contributed by atoms with van der Waals surface area (Å²) in [5.74, 6) is 1.18. The zero-order valence-electron chi connectivity index (χ0n) is 12.2. The molecule has 0 N–H and O–H groups in total. The zero-order chi connectivity index (χ0) is 15.6. The Kier molecular flexibility index (Phi) is 5.76. The van der Waals surface area contributed by atoms with Gasteiger partial charge in [-0.2, -0.15) is 4.31 Å². The summed E-state index contributed by atoms with van der Waals surface area (Å²) in [5.41, 5.74) is 0. The molecule has 21 heavy (non-hydrogen) atoms. The summed E-state index contributed by atoms with van der Waals surface area (Å²) < 4.78 is 32.3. The van der Waals surface area contributed by atoms with Crippen molar-refractivity contribution in [2.75, 3.05) is 32.7 Å². The van der Waals surface area contributed by atoms with Crippen LogP contribution in [0.3, 0.4) is 0 Å². The van der Waals surface area contributed by atoms with Crippen LogP contribution in [0.25, 0.3) is 0 Å². The standard InChI is InChI=1S/C13H20BrClN2O3S/c1-10(2)9-16-3-5-17(6-4-16)21(18,19)12-7-11(8-15)20-13(12)14/h7,10H,3-6,8-9H2,1-2H3. The molecular formula is C13H20BrClN2O3S. The van der Waals surface area contributed by atoms with Crippen LogP contribution >= 0.6 is 27.5 Å². The molecule has 1 aromatic heterocycles. The minimum absolute atomic E-state index is 0.149. The van der Waals surface area contributed by atoms with Gasteiger partial charge in [0.05, 0.1) is 5.88 Å². The van der Waals surface area contributed by atoms with Crippen molar-refractivity contribution in [1.82, 2.24) is 9.21 Å². The van der Waals surface area contributed by atoms with E-state index in [2.05, 4.69) is 34.7 Å². The lowest BCUT2D eigenvalue weighted by molar-refractivity contribution is 0.172. The number of alkyl halides is 1. The van der Waals surface area contributed by atoms with Gasteiger partial charge in [-0.25, -0.2) is 8.42 Å². The summed E-state index contributed by atoms with van der Waals surface area (Å²) >= 11 is 8.85. The van der Waals surface area contributed by atoms with Gasteiger partial charge in [-0.05, 0) is 21.8 Å². The SMILES string of the molecule is CC(C)CN1CCN(S(=O)(=O)c2cc(CCl)oc2Br)CC1. The Morgan fingerprint density at radius 2 is 1.95 bits per heavy atom. The van der Waals surface area contributed by atoms with Gasteiger partial charge in [-0.1, -0.05) is 13.8 Å². The Morgan fingerprint density at radius 3 is 2.43 bits per heavy atom. The number of hydrogen-bond donors (Lipinski definition) is 0. The maximum absolute atomic E-state index is 12.6. The second-order valence-corrected chi connectivity index (χ2v) is 8.48. The average Bonchev–Trinajstić information content (AvgIpc) is 2.81. The van der Waals surface area contributed by atoms with Crippen molar-refractivity contribution in [3.05, 3.63) is 16.5 Å². The lowest BCUT2D eigenvalue weighted by atomic mass is 10.2. The maximum Gasteiger partial charge on any atom is 0.247 e. The zero-order valence-corrected chi connectivity index (χ0v) is 15.3. The van der Waals surface area contributed by atoms with Gasteiger partial charge in [-0.3, -0.25) is 0 Å². The molecule has 2 rings (SSSR count). The molecule has 0 radical (unpaired) electrons. The number of nitrogens with zero attached hydrogens (tertiary/aromatic N) is 2. The maximum atomic E-state index is 12.6. The van der Waals surface area contributed by atoms with Crippen molar-refractivity contribution in [2.45, 2.75) is 24.6 Å². The first-order chi connectivity index (χ1) is 9.84. The third-order valence-electron chi connectivity index (χ3n) is 3.41. The van der Waals surface area contributed by atoms with E-state index in [0.717, 1.165) is 19.6 Å². The van der Waals surface area contributed by atoms with Gasteiger partial charge in [0.1, 0.15) is 10.7 Å². The minimum atomic E-state index is -3.53. The molecular weight excluding hydrogens is 380 g/mol. The normalized spacial score (nSPS) is 18.5. The predicted molar refractivity (Wildman–Crippen MR) is 86.0 cm³/mol. The van der Waals surface area contributed by atoms with Crippen LogP contribution in [0, 0.1) is 5.92 Å². The largest absolute Gasteiger partial charge is 0.452 e. The Labute approximate surface area is 139 Å². The first kappa shape index (κ1) is 17.3. The van der Waals surface area contributed by atoms with Crippen LogP contribution in [0.1, 0.15) is 19.6 Å². The van der Waals surface area contributed by atoms with Gasteiger partial charge >= 0.3 is 0 Å². The summed E-state index contributed by atoms with van der Waals surface area (Å²) in [6.45, 7) is 7.86. The highest BCUT2D eigenvalue weighted by molar-refractivity contribution is 9.10. The monoisotopic (exact) mass is 398 g/mol. The fourth-order valence-corrected chi connectivity index (χ4v) is 4.96. The van der Waals surface area contributed by atoms with E-state index < -0.39 is 10.0 Å². The van der Waals surface area contributed by atoms with E-state index in [1.165, 1.54) is 10.4 Å². The summed E-state index contributed by atoms with van der Waals surface area (Å²) in [7, 11) is -3.53. The molecule has 1 aliphatic rings. The molecule has 8 heteroatoms. The minimum Gasteiger partial charge on any atom is -0.452 e. The van der Waals surface area contributed by atoms with Crippen LogP contribution in [-0.2, 0) is 15.9 Å². The topological polar surface area (TPSA) is 53.8 Å². The molecule has 5 nitrogen and oxygen atoms in total. The van der Waals surface area contributed by atoms with Gasteiger partial charge < -0.3 is 9.32 Å². The average molecular weight is 400 g/mol. The quantitative estimate of drug-likeness (QED) is 0.714. The van der Waals surface area contributed by atoms with Gasteiger partial charge in [0.2, 0.25) is 10.0 Å². The molecule has 1 fully saturated rings.